The molecule has 3 rings (SSSR count). The molecule has 3 aromatic carbocycles. The molecule has 4 nitrogen and oxygen atoms in total. The van der Waals surface area contributed by atoms with Crippen molar-refractivity contribution in [3.63, 3.8) is 0 Å². The van der Waals surface area contributed by atoms with Crippen LogP contribution in [0, 0.1) is 11.7 Å². The number of benzene rings is 3. The summed E-state index contributed by atoms with van der Waals surface area (Å²) in [4.78, 5) is 28.4. The number of thioether (sulfide) groups is 1. The van der Waals surface area contributed by atoms with Crippen LogP contribution in [0.5, 0.6) is 0 Å². The summed E-state index contributed by atoms with van der Waals surface area (Å²) in [6.45, 7) is 4.59. The minimum atomic E-state index is -0.749. The molecule has 0 heterocycles. The Morgan fingerprint density at radius 3 is 2.11 bits per heavy atom. The Morgan fingerprint density at radius 1 is 0.886 bits per heavy atom. The first-order chi connectivity index (χ1) is 16.9. The quantitative estimate of drug-likeness (QED) is 0.365. The second kappa shape index (κ2) is 13.7. The molecule has 0 unspecified atom stereocenters. The summed E-state index contributed by atoms with van der Waals surface area (Å²) in [6, 6.07) is 25.2. The van der Waals surface area contributed by atoms with Crippen molar-refractivity contribution in [3.05, 3.63) is 107 Å². The number of rotatable bonds is 12. The van der Waals surface area contributed by atoms with E-state index in [2.05, 4.69) is 5.32 Å². The minimum Gasteiger partial charge on any atom is -0.354 e. The van der Waals surface area contributed by atoms with E-state index in [9.17, 15) is 14.0 Å². The van der Waals surface area contributed by atoms with E-state index in [4.69, 9.17) is 0 Å². The van der Waals surface area contributed by atoms with Gasteiger partial charge in [-0.05, 0) is 23.1 Å². The number of halogens is 1. The molecular formula is C29H33FN2O2S. The predicted octanol–water partition coefficient (Wildman–Crippen LogP) is 5.47. The van der Waals surface area contributed by atoms with Crippen LogP contribution in [0.3, 0.4) is 0 Å². The maximum atomic E-state index is 14.6. The Labute approximate surface area is 211 Å². The van der Waals surface area contributed by atoms with Gasteiger partial charge in [0.15, 0.2) is 0 Å². The molecule has 2 amide bonds. The van der Waals surface area contributed by atoms with E-state index in [0.29, 0.717) is 24.3 Å². The Kier molecular flexibility index (Phi) is 10.4. The Morgan fingerprint density at radius 2 is 1.49 bits per heavy atom. The van der Waals surface area contributed by atoms with Crippen molar-refractivity contribution < 1.29 is 14.0 Å². The molecule has 184 valence electrons. The fourth-order valence-electron chi connectivity index (χ4n) is 3.70. The number of hydrogen-bond donors (Lipinski definition) is 1. The lowest BCUT2D eigenvalue weighted by Crippen LogP contribution is -2.51. The highest BCUT2D eigenvalue weighted by Gasteiger charge is 2.30. The van der Waals surface area contributed by atoms with Crippen LogP contribution in [0.2, 0.25) is 0 Å². The molecule has 35 heavy (non-hydrogen) atoms. The zero-order valence-electron chi connectivity index (χ0n) is 20.3. The van der Waals surface area contributed by atoms with Crippen LogP contribution in [0.15, 0.2) is 84.9 Å². The number of nitrogens with zero attached hydrogens (tertiary/aromatic N) is 1. The van der Waals surface area contributed by atoms with Gasteiger partial charge in [0.25, 0.3) is 0 Å². The van der Waals surface area contributed by atoms with Gasteiger partial charge < -0.3 is 10.2 Å². The number of nitrogens with one attached hydrogen (secondary N) is 1. The van der Waals surface area contributed by atoms with Gasteiger partial charge in [0.05, 0.1) is 5.75 Å². The van der Waals surface area contributed by atoms with E-state index >= 15 is 0 Å². The summed E-state index contributed by atoms with van der Waals surface area (Å²) in [5.74, 6) is 0.363. The fourth-order valence-corrected chi connectivity index (χ4v) is 4.57. The molecule has 0 fully saturated rings. The standard InChI is InChI=1S/C29H33FN2O2S/c1-22(2)18-31-29(34)27(17-23-11-5-3-6-12-23)32(19-25-15-9-10-16-26(25)30)28(33)21-35-20-24-13-7-4-8-14-24/h3-16,22,27H,17-21H2,1-2H3,(H,31,34)/t27-/m0/s1. The number of hydrogen-bond acceptors (Lipinski definition) is 3. The first-order valence-electron chi connectivity index (χ1n) is 11.9. The molecule has 0 saturated heterocycles. The van der Waals surface area contributed by atoms with E-state index in [0.717, 1.165) is 11.1 Å². The highest BCUT2D eigenvalue weighted by Crippen LogP contribution is 2.19. The monoisotopic (exact) mass is 492 g/mol. The predicted molar refractivity (Wildman–Crippen MR) is 141 cm³/mol. The van der Waals surface area contributed by atoms with Crippen molar-refractivity contribution in [2.45, 2.75) is 38.6 Å². The average Bonchev–Trinajstić information content (AvgIpc) is 2.87. The third-order valence-electron chi connectivity index (χ3n) is 5.59. The number of amides is 2. The smallest absolute Gasteiger partial charge is 0.243 e. The maximum absolute atomic E-state index is 14.6. The maximum Gasteiger partial charge on any atom is 0.243 e. The molecule has 0 aliphatic heterocycles. The van der Waals surface area contributed by atoms with Crippen molar-refractivity contribution in [1.82, 2.24) is 10.2 Å². The van der Waals surface area contributed by atoms with Gasteiger partial charge in [-0.15, -0.1) is 11.8 Å². The normalized spacial score (nSPS) is 11.8. The highest BCUT2D eigenvalue weighted by molar-refractivity contribution is 7.99. The van der Waals surface area contributed by atoms with Gasteiger partial charge in [0.2, 0.25) is 11.8 Å². The molecule has 6 heteroatoms. The van der Waals surface area contributed by atoms with Crippen LogP contribution in [0.4, 0.5) is 4.39 Å². The summed E-state index contributed by atoms with van der Waals surface area (Å²) in [5, 5.41) is 2.99. The Balaban J connectivity index is 1.85. The van der Waals surface area contributed by atoms with E-state index in [1.54, 1.807) is 23.1 Å². The summed E-state index contributed by atoms with van der Waals surface area (Å²) >= 11 is 1.49. The van der Waals surface area contributed by atoms with E-state index < -0.39 is 6.04 Å². The first-order valence-corrected chi connectivity index (χ1v) is 13.1. The van der Waals surface area contributed by atoms with Crippen LogP contribution < -0.4 is 5.32 Å². The largest absolute Gasteiger partial charge is 0.354 e. The van der Waals surface area contributed by atoms with Crippen LogP contribution in [-0.4, -0.2) is 35.1 Å². The highest BCUT2D eigenvalue weighted by atomic mass is 32.2. The molecule has 1 atom stereocenters. The molecule has 1 N–H and O–H groups in total. The second-order valence-corrected chi connectivity index (χ2v) is 9.92. The van der Waals surface area contributed by atoms with Gasteiger partial charge in [-0.2, -0.15) is 0 Å². The van der Waals surface area contributed by atoms with Crippen LogP contribution in [0.25, 0.3) is 0 Å². The van der Waals surface area contributed by atoms with Gasteiger partial charge in [0.1, 0.15) is 11.9 Å². The van der Waals surface area contributed by atoms with Gasteiger partial charge in [0, 0.05) is 30.8 Å². The summed E-state index contributed by atoms with van der Waals surface area (Å²) in [7, 11) is 0. The third-order valence-corrected chi connectivity index (χ3v) is 6.58. The Hall–Kier alpha value is -3.12. The average molecular weight is 493 g/mol. The lowest BCUT2D eigenvalue weighted by molar-refractivity contribution is -0.139. The van der Waals surface area contributed by atoms with Crippen molar-refractivity contribution in [3.8, 4) is 0 Å². The molecule has 0 aliphatic carbocycles. The lowest BCUT2D eigenvalue weighted by Gasteiger charge is -2.32. The van der Waals surface area contributed by atoms with E-state index in [1.807, 2.05) is 74.5 Å². The van der Waals surface area contributed by atoms with E-state index in [1.165, 1.54) is 17.8 Å². The summed E-state index contributed by atoms with van der Waals surface area (Å²) in [5.41, 5.74) is 2.46. The minimum absolute atomic E-state index is 0.0317. The van der Waals surface area contributed by atoms with Crippen molar-refractivity contribution in [2.24, 2.45) is 5.92 Å². The topological polar surface area (TPSA) is 49.4 Å². The van der Waals surface area contributed by atoms with Crippen LogP contribution >= 0.6 is 11.8 Å². The lowest BCUT2D eigenvalue weighted by atomic mass is 10.0. The van der Waals surface area contributed by atoms with Crippen LogP contribution in [-0.2, 0) is 28.3 Å². The summed E-state index contributed by atoms with van der Waals surface area (Å²) in [6.07, 6.45) is 0.355. The number of carbonyl (C=O) groups excluding carboxylic acids is 2. The van der Waals surface area contributed by atoms with Gasteiger partial charge in [-0.1, -0.05) is 92.7 Å². The van der Waals surface area contributed by atoms with Crippen LogP contribution in [0.1, 0.15) is 30.5 Å². The zero-order chi connectivity index (χ0) is 25.0. The molecular weight excluding hydrogens is 459 g/mol. The molecule has 0 bridgehead atoms. The Bertz CT molecular complexity index is 1080. The van der Waals surface area contributed by atoms with Crippen molar-refractivity contribution >= 4 is 23.6 Å². The van der Waals surface area contributed by atoms with Gasteiger partial charge >= 0.3 is 0 Å². The fraction of sp³-hybridized carbons (Fsp3) is 0.310. The molecule has 0 saturated carbocycles. The first kappa shape index (κ1) is 26.5. The van der Waals surface area contributed by atoms with E-state index in [-0.39, 0.29) is 35.8 Å². The molecule has 0 aromatic heterocycles. The van der Waals surface area contributed by atoms with Crippen molar-refractivity contribution in [1.29, 1.82) is 0 Å². The molecule has 0 spiro atoms. The van der Waals surface area contributed by atoms with Gasteiger partial charge in [-0.3, -0.25) is 9.59 Å². The summed E-state index contributed by atoms with van der Waals surface area (Å²) < 4.78 is 14.6. The second-order valence-electron chi connectivity index (χ2n) is 8.94. The SMILES string of the molecule is CC(C)CNC(=O)[C@H](Cc1ccccc1)N(Cc1ccccc1F)C(=O)CSCc1ccccc1. The van der Waals surface area contributed by atoms with Crippen molar-refractivity contribution in [2.75, 3.05) is 12.3 Å². The molecule has 3 aromatic rings. The number of carbonyl (C=O) groups is 2. The molecule has 0 radical (unpaired) electrons. The van der Waals surface area contributed by atoms with Gasteiger partial charge in [-0.25, -0.2) is 4.39 Å². The zero-order valence-corrected chi connectivity index (χ0v) is 21.1. The molecule has 0 aliphatic rings. The third kappa shape index (κ3) is 8.55.